The first kappa shape index (κ1) is 16.9. The van der Waals surface area contributed by atoms with Crippen LogP contribution in [0.1, 0.15) is 63.9 Å². The maximum atomic E-state index is 12.3. The lowest BCUT2D eigenvalue weighted by Gasteiger charge is -2.18. The minimum Gasteiger partial charge on any atom is -0.406 e. The van der Waals surface area contributed by atoms with Gasteiger partial charge in [0.2, 0.25) is 0 Å². The maximum Gasteiger partial charge on any atom is 0.573 e. The highest BCUT2D eigenvalue weighted by Gasteiger charge is 2.31. The molecular formula is C16H23F3O. The van der Waals surface area contributed by atoms with Crippen molar-refractivity contribution in [2.75, 3.05) is 0 Å². The van der Waals surface area contributed by atoms with Gasteiger partial charge in [-0.15, -0.1) is 13.2 Å². The third-order valence-electron chi connectivity index (χ3n) is 3.38. The summed E-state index contributed by atoms with van der Waals surface area (Å²) in [6.45, 7) is 4.25. The van der Waals surface area contributed by atoms with E-state index < -0.39 is 6.36 Å². The molecule has 0 atom stereocenters. The van der Waals surface area contributed by atoms with Gasteiger partial charge in [0.05, 0.1) is 0 Å². The molecule has 1 aromatic rings. The second-order valence-electron chi connectivity index (χ2n) is 5.10. The summed E-state index contributed by atoms with van der Waals surface area (Å²) in [4.78, 5) is 0. The lowest BCUT2D eigenvalue weighted by molar-refractivity contribution is -0.274. The van der Waals surface area contributed by atoms with E-state index in [1.54, 1.807) is 6.07 Å². The first-order chi connectivity index (χ1) is 9.46. The zero-order valence-electron chi connectivity index (χ0n) is 12.2. The minimum atomic E-state index is -4.62. The van der Waals surface area contributed by atoms with E-state index in [9.17, 15) is 13.2 Å². The number of unbranched alkanes of at least 4 members (excludes halogenated alkanes) is 2. The number of ether oxygens (including phenoxy) is 1. The van der Waals surface area contributed by atoms with Crippen LogP contribution in [-0.2, 0) is 0 Å². The molecule has 20 heavy (non-hydrogen) atoms. The SMILES string of the molecule is CCCCC(CCCC)c1cccc(OC(F)(F)F)c1. The van der Waals surface area contributed by atoms with Crippen LogP contribution in [0.2, 0.25) is 0 Å². The fourth-order valence-corrected chi connectivity index (χ4v) is 2.34. The predicted octanol–water partition coefficient (Wildman–Crippen LogP) is 6.05. The van der Waals surface area contributed by atoms with Crippen molar-refractivity contribution in [3.05, 3.63) is 29.8 Å². The fraction of sp³-hybridized carbons (Fsp3) is 0.625. The molecule has 0 bridgehead atoms. The lowest BCUT2D eigenvalue weighted by Crippen LogP contribution is -2.17. The fourth-order valence-electron chi connectivity index (χ4n) is 2.34. The van der Waals surface area contributed by atoms with Crippen LogP contribution in [0, 0.1) is 0 Å². The van der Waals surface area contributed by atoms with Gasteiger partial charge in [0, 0.05) is 0 Å². The molecule has 4 heteroatoms. The molecule has 0 saturated carbocycles. The third kappa shape index (κ3) is 6.31. The molecular weight excluding hydrogens is 265 g/mol. The Bertz CT molecular complexity index is 380. The van der Waals surface area contributed by atoms with Gasteiger partial charge in [0.25, 0.3) is 0 Å². The number of benzene rings is 1. The summed E-state index contributed by atoms with van der Waals surface area (Å²) in [7, 11) is 0. The second kappa shape index (κ2) is 8.18. The van der Waals surface area contributed by atoms with Gasteiger partial charge in [0.1, 0.15) is 5.75 Å². The number of hydrogen-bond donors (Lipinski definition) is 0. The lowest BCUT2D eigenvalue weighted by atomic mass is 9.89. The summed E-state index contributed by atoms with van der Waals surface area (Å²) in [6.07, 6.45) is 1.80. The van der Waals surface area contributed by atoms with Gasteiger partial charge in [-0.3, -0.25) is 0 Å². The molecule has 1 rings (SSSR count). The first-order valence-electron chi connectivity index (χ1n) is 7.32. The Morgan fingerprint density at radius 1 is 1.05 bits per heavy atom. The normalized spacial score (nSPS) is 11.9. The number of hydrogen-bond acceptors (Lipinski definition) is 1. The van der Waals surface area contributed by atoms with E-state index in [1.165, 1.54) is 12.1 Å². The third-order valence-corrected chi connectivity index (χ3v) is 3.38. The van der Waals surface area contributed by atoms with Crippen LogP contribution < -0.4 is 4.74 Å². The zero-order chi connectivity index (χ0) is 15.0. The van der Waals surface area contributed by atoms with Crippen LogP contribution in [0.3, 0.4) is 0 Å². The van der Waals surface area contributed by atoms with Crippen molar-refractivity contribution >= 4 is 0 Å². The summed E-state index contributed by atoms with van der Waals surface area (Å²) in [5.74, 6) is 0.208. The average molecular weight is 288 g/mol. The number of alkyl halides is 3. The molecule has 0 aliphatic rings. The van der Waals surface area contributed by atoms with Gasteiger partial charge in [-0.1, -0.05) is 51.7 Å². The largest absolute Gasteiger partial charge is 0.573 e. The standard InChI is InChI=1S/C16H23F3O/c1-3-5-8-13(9-6-4-2)14-10-7-11-15(12-14)20-16(17,18)19/h7,10-13H,3-6,8-9H2,1-2H3. The van der Waals surface area contributed by atoms with E-state index in [1.807, 2.05) is 6.07 Å². The Labute approximate surface area is 119 Å². The second-order valence-corrected chi connectivity index (χ2v) is 5.10. The molecule has 0 aromatic heterocycles. The van der Waals surface area contributed by atoms with Gasteiger partial charge < -0.3 is 4.74 Å². The summed E-state index contributed by atoms with van der Waals surface area (Å²) in [6, 6.07) is 6.43. The Balaban J connectivity index is 2.81. The molecule has 0 unspecified atom stereocenters. The molecule has 114 valence electrons. The highest BCUT2D eigenvalue weighted by Crippen LogP contribution is 2.31. The van der Waals surface area contributed by atoms with Crippen LogP contribution in [-0.4, -0.2) is 6.36 Å². The van der Waals surface area contributed by atoms with Crippen LogP contribution in [0.4, 0.5) is 13.2 Å². The highest BCUT2D eigenvalue weighted by molar-refractivity contribution is 5.31. The molecule has 0 saturated heterocycles. The Morgan fingerprint density at radius 3 is 2.15 bits per heavy atom. The van der Waals surface area contributed by atoms with Crippen molar-refractivity contribution < 1.29 is 17.9 Å². The molecule has 0 heterocycles. The Morgan fingerprint density at radius 2 is 1.65 bits per heavy atom. The zero-order valence-corrected chi connectivity index (χ0v) is 12.2. The molecule has 0 N–H and O–H groups in total. The molecule has 0 spiro atoms. The quantitative estimate of drug-likeness (QED) is 0.566. The molecule has 1 nitrogen and oxygen atoms in total. The van der Waals surface area contributed by atoms with Gasteiger partial charge >= 0.3 is 6.36 Å². The van der Waals surface area contributed by atoms with Gasteiger partial charge in [0.15, 0.2) is 0 Å². The summed E-state index contributed by atoms with van der Waals surface area (Å²) >= 11 is 0. The molecule has 0 aliphatic carbocycles. The van der Waals surface area contributed by atoms with Crippen molar-refractivity contribution in [2.24, 2.45) is 0 Å². The predicted molar refractivity (Wildman–Crippen MR) is 74.9 cm³/mol. The average Bonchev–Trinajstić information content (AvgIpc) is 2.37. The van der Waals surface area contributed by atoms with Gasteiger partial charge in [-0.25, -0.2) is 0 Å². The monoisotopic (exact) mass is 288 g/mol. The first-order valence-corrected chi connectivity index (χ1v) is 7.32. The van der Waals surface area contributed by atoms with Gasteiger partial charge in [-0.05, 0) is 36.5 Å². The Kier molecular flexibility index (Phi) is 6.89. The molecule has 0 aliphatic heterocycles. The molecule has 0 radical (unpaired) electrons. The van der Waals surface area contributed by atoms with Crippen molar-refractivity contribution in [2.45, 2.75) is 64.7 Å². The summed E-state index contributed by atoms with van der Waals surface area (Å²) in [5.41, 5.74) is 0.952. The van der Waals surface area contributed by atoms with Crippen molar-refractivity contribution in [3.63, 3.8) is 0 Å². The van der Waals surface area contributed by atoms with Crippen molar-refractivity contribution in [1.82, 2.24) is 0 Å². The van der Waals surface area contributed by atoms with E-state index in [4.69, 9.17) is 0 Å². The van der Waals surface area contributed by atoms with E-state index in [2.05, 4.69) is 18.6 Å². The molecule has 1 aromatic carbocycles. The van der Waals surface area contributed by atoms with Crippen LogP contribution in [0.15, 0.2) is 24.3 Å². The smallest absolute Gasteiger partial charge is 0.406 e. The highest BCUT2D eigenvalue weighted by atomic mass is 19.4. The van der Waals surface area contributed by atoms with Gasteiger partial charge in [-0.2, -0.15) is 0 Å². The van der Waals surface area contributed by atoms with E-state index in [0.717, 1.165) is 44.1 Å². The molecule has 0 amide bonds. The van der Waals surface area contributed by atoms with E-state index in [-0.39, 0.29) is 5.75 Å². The number of halogens is 3. The Hall–Kier alpha value is -1.19. The maximum absolute atomic E-state index is 12.3. The van der Waals surface area contributed by atoms with E-state index >= 15 is 0 Å². The molecule has 0 fully saturated rings. The minimum absolute atomic E-state index is 0.118. The summed E-state index contributed by atoms with van der Waals surface area (Å²) < 4.78 is 40.8. The van der Waals surface area contributed by atoms with Crippen molar-refractivity contribution in [1.29, 1.82) is 0 Å². The topological polar surface area (TPSA) is 9.23 Å². The van der Waals surface area contributed by atoms with Crippen LogP contribution in [0.5, 0.6) is 5.75 Å². The van der Waals surface area contributed by atoms with E-state index in [0.29, 0.717) is 5.92 Å². The summed E-state index contributed by atoms with van der Waals surface area (Å²) in [5, 5.41) is 0. The van der Waals surface area contributed by atoms with Crippen molar-refractivity contribution in [3.8, 4) is 5.75 Å². The number of rotatable bonds is 8. The van der Waals surface area contributed by atoms with Crippen LogP contribution >= 0.6 is 0 Å². The van der Waals surface area contributed by atoms with Crippen LogP contribution in [0.25, 0.3) is 0 Å².